The van der Waals surface area contributed by atoms with Gasteiger partial charge in [0.1, 0.15) is 5.82 Å². The van der Waals surface area contributed by atoms with Gasteiger partial charge in [0.2, 0.25) is 0 Å². The third-order valence-corrected chi connectivity index (χ3v) is 2.54. The number of nitrogens with one attached hydrogen (secondary N) is 1. The maximum absolute atomic E-state index is 12.8. The number of halogens is 1. The molecule has 18 heavy (non-hydrogen) atoms. The van der Waals surface area contributed by atoms with E-state index in [1.165, 1.54) is 24.3 Å². The van der Waals surface area contributed by atoms with Crippen molar-refractivity contribution in [1.29, 1.82) is 0 Å². The summed E-state index contributed by atoms with van der Waals surface area (Å²) in [5.74, 6) is -1.34. The standard InChI is InChI=1S/C14H12FNO2/c15-11-6-8-12(9-7-11)16-13(14(17)18)10-4-2-1-3-5-10/h1-9,13,16H,(H,17,18). The van der Waals surface area contributed by atoms with Crippen LogP contribution >= 0.6 is 0 Å². The van der Waals surface area contributed by atoms with Gasteiger partial charge in [-0.05, 0) is 29.8 Å². The van der Waals surface area contributed by atoms with Crippen molar-refractivity contribution in [2.75, 3.05) is 5.32 Å². The molecule has 0 aliphatic rings. The Morgan fingerprint density at radius 1 is 1.06 bits per heavy atom. The summed E-state index contributed by atoms with van der Waals surface area (Å²) in [6.45, 7) is 0. The van der Waals surface area contributed by atoms with Gasteiger partial charge in [-0.25, -0.2) is 9.18 Å². The molecule has 2 N–H and O–H groups in total. The molecule has 3 nitrogen and oxygen atoms in total. The highest BCUT2D eigenvalue weighted by Crippen LogP contribution is 2.19. The highest BCUT2D eigenvalue weighted by atomic mass is 19.1. The second-order valence-corrected chi connectivity index (χ2v) is 3.83. The van der Waals surface area contributed by atoms with Crippen molar-refractivity contribution in [3.8, 4) is 0 Å². The van der Waals surface area contributed by atoms with Gasteiger partial charge >= 0.3 is 5.97 Å². The van der Waals surface area contributed by atoms with Crippen molar-refractivity contribution in [3.63, 3.8) is 0 Å². The van der Waals surface area contributed by atoms with Gasteiger partial charge in [0.15, 0.2) is 6.04 Å². The van der Waals surface area contributed by atoms with Crippen molar-refractivity contribution >= 4 is 11.7 Å². The fraction of sp³-hybridized carbons (Fsp3) is 0.0714. The van der Waals surface area contributed by atoms with Crippen LogP contribution in [0.3, 0.4) is 0 Å². The second-order valence-electron chi connectivity index (χ2n) is 3.83. The second kappa shape index (κ2) is 5.31. The molecule has 2 rings (SSSR count). The monoisotopic (exact) mass is 245 g/mol. The molecule has 92 valence electrons. The first-order valence-corrected chi connectivity index (χ1v) is 5.46. The Morgan fingerprint density at radius 2 is 1.67 bits per heavy atom. The topological polar surface area (TPSA) is 49.3 Å². The van der Waals surface area contributed by atoms with E-state index in [1.807, 2.05) is 6.07 Å². The quantitative estimate of drug-likeness (QED) is 0.870. The summed E-state index contributed by atoms with van der Waals surface area (Å²) >= 11 is 0. The first kappa shape index (κ1) is 12.1. The number of hydrogen-bond acceptors (Lipinski definition) is 2. The lowest BCUT2D eigenvalue weighted by Gasteiger charge is -2.16. The van der Waals surface area contributed by atoms with Gasteiger partial charge in [-0.1, -0.05) is 30.3 Å². The highest BCUT2D eigenvalue weighted by molar-refractivity contribution is 5.79. The maximum Gasteiger partial charge on any atom is 0.330 e. The lowest BCUT2D eigenvalue weighted by Crippen LogP contribution is -2.20. The molecule has 0 spiro atoms. The minimum atomic E-state index is -0.981. The highest BCUT2D eigenvalue weighted by Gasteiger charge is 2.18. The van der Waals surface area contributed by atoms with Gasteiger partial charge in [-0.15, -0.1) is 0 Å². The van der Waals surface area contributed by atoms with E-state index in [2.05, 4.69) is 5.32 Å². The summed E-state index contributed by atoms with van der Waals surface area (Å²) in [7, 11) is 0. The van der Waals surface area contributed by atoms with Crippen molar-refractivity contribution < 1.29 is 14.3 Å². The number of hydrogen-bond donors (Lipinski definition) is 2. The van der Waals surface area contributed by atoms with Crippen molar-refractivity contribution in [2.24, 2.45) is 0 Å². The van der Waals surface area contributed by atoms with E-state index in [0.717, 1.165) is 0 Å². The molecule has 0 radical (unpaired) electrons. The van der Waals surface area contributed by atoms with Crippen molar-refractivity contribution in [1.82, 2.24) is 0 Å². The zero-order chi connectivity index (χ0) is 13.0. The number of carbonyl (C=O) groups is 1. The van der Waals surface area contributed by atoms with Gasteiger partial charge in [0.05, 0.1) is 0 Å². The van der Waals surface area contributed by atoms with Crippen molar-refractivity contribution in [3.05, 3.63) is 66.0 Å². The first-order valence-electron chi connectivity index (χ1n) is 5.46. The predicted molar refractivity (Wildman–Crippen MR) is 66.8 cm³/mol. The van der Waals surface area contributed by atoms with Gasteiger partial charge in [0, 0.05) is 5.69 Å². The number of carboxylic acids is 1. The molecule has 0 heterocycles. The molecule has 0 bridgehead atoms. The third-order valence-electron chi connectivity index (χ3n) is 2.54. The van der Waals surface area contributed by atoms with Crippen molar-refractivity contribution in [2.45, 2.75) is 6.04 Å². The van der Waals surface area contributed by atoms with Gasteiger partial charge in [0.25, 0.3) is 0 Å². The Labute approximate surface area is 104 Å². The molecular formula is C14H12FNO2. The van der Waals surface area contributed by atoms with Crippen LogP contribution in [0.15, 0.2) is 54.6 Å². The van der Waals surface area contributed by atoms with Crippen LogP contribution in [0.4, 0.5) is 10.1 Å². The van der Waals surface area contributed by atoms with Crippen LogP contribution in [0.2, 0.25) is 0 Å². The summed E-state index contributed by atoms with van der Waals surface area (Å²) in [6.07, 6.45) is 0. The Bertz CT molecular complexity index is 525. The molecule has 2 aromatic rings. The van der Waals surface area contributed by atoms with Crippen LogP contribution in [0.25, 0.3) is 0 Å². The van der Waals surface area contributed by atoms with E-state index >= 15 is 0 Å². The van der Waals surface area contributed by atoms with Crippen LogP contribution in [0.5, 0.6) is 0 Å². The molecule has 0 aromatic heterocycles. The van der Waals surface area contributed by atoms with Crippen LogP contribution in [0, 0.1) is 5.82 Å². The van der Waals surface area contributed by atoms with Gasteiger partial charge in [-0.2, -0.15) is 0 Å². The van der Waals surface area contributed by atoms with Crippen LogP contribution < -0.4 is 5.32 Å². The number of aliphatic carboxylic acids is 1. The van der Waals surface area contributed by atoms with Crippen LogP contribution in [0.1, 0.15) is 11.6 Å². The summed E-state index contributed by atoms with van der Waals surface area (Å²) in [5, 5.41) is 12.1. The first-order chi connectivity index (χ1) is 8.66. The summed E-state index contributed by atoms with van der Waals surface area (Å²) in [4.78, 5) is 11.2. The number of benzene rings is 2. The minimum absolute atomic E-state index is 0.355. The molecule has 0 saturated heterocycles. The molecule has 0 aliphatic carbocycles. The predicted octanol–water partition coefficient (Wildman–Crippen LogP) is 3.06. The third kappa shape index (κ3) is 2.85. The average Bonchev–Trinajstić information content (AvgIpc) is 2.38. The summed E-state index contributed by atoms with van der Waals surface area (Å²) in [5.41, 5.74) is 1.21. The Balaban J connectivity index is 2.22. The van der Waals surface area contributed by atoms with E-state index in [1.54, 1.807) is 24.3 Å². The van der Waals surface area contributed by atoms with E-state index in [4.69, 9.17) is 0 Å². The molecule has 0 saturated carbocycles. The zero-order valence-corrected chi connectivity index (χ0v) is 9.51. The molecular weight excluding hydrogens is 233 g/mol. The fourth-order valence-electron chi connectivity index (χ4n) is 1.65. The van der Waals surface area contributed by atoms with Crippen LogP contribution in [-0.2, 0) is 4.79 Å². The molecule has 4 heteroatoms. The average molecular weight is 245 g/mol. The molecule has 1 atom stereocenters. The van der Waals surface area contributed by atoms with Gasteiger partial charge in [-0.3, -0.25) is 0 Å². The fourth-order valence-corrected chi connectivity index (χ4v) is 1.65. The zero-order valence-electron chi connectivity index (χ0n) is 9.51. The molecule has 0 fully saturated rings. The van der Waals surface area contributed by atoms with E-state index < -0.39 is 12.0 Å². The molecule has 0 amide bonds. The normalized spacial score (nSPS) is 11.8. The van der Waals surface area contributed by atoms with Gasteiger partial charge < -0.3 is 10.4 Å². The lowest BCUT2D eigenvalue weighted by atomic mass is 10.1. The minimum Gasteiger partial charge on any atom is -0.479 e. The Hall–Kier alpha value is -2.36. The van der Waals surface area contributed by atoms with E-state index in [0.29, 0.717) is 11.3 Å². The maximum atomic E-state index is 12.8. The lowest BCUT2D eigenvalue weighted by molar-refractivity contribution is -0.138. The number of rotatable bonds is 4. The smallest absolute Gasteiger partial charge is 0.330 e. The van der Waals surface area contributed by atoms with E-state index in [-0.39, 0.29) is 5.82 Å². The largest absolute Gasteiger partial charge is 0.479 e. The Kier molecular flexibility index (Phi) is 3.57. The summed E-state index contributed by atoms with van der Waals surface area (Å²) < 4.78 is 12.8. The van der Waals surface area contributed by atoms with E-state index in [9.17, 15) is 14.3 Å². The molecule has 0 aliphatic heterocycles. The SMILES string of the molecule is O=C(O)C(Nc1ccc(F)cc1)c1ccccc1. The molecule has 1 unspecified atom stereocenters. The summed E-state index contributed by atoms with van der Waals surface area (Å²) in [6, 6.07) is 13.6. The number of anilines is 1. The molecule has 2 aromatic carbocycles. The Morgan fingerprint density at radius 3 is 2.22 bits per heavy atom. The van der Waals surface area contributed by atoms with Crippen LogP contribution in [-0.4, -0.2) is 11.1 Å². The number of carboxylic acid groups (broad SMARTS) is 1.